The summed E-state index contributed by atoms with van der Waals surface area (Å²) in [5.74, 6) is 1.28. The second-order valence-corrected chi connectivity index (χ2v) is 3.56. The highest BCUT2D eigenvalue weighted by Gasteiger charge is 2.10. The van der Waals surface area contributed by atoms with Gasteiger partial charge in [0.25, 0.3) is 0 Å². The number of rotatable bonds is 3. The van der Waals surface area contributed by atoms with Gasteiger partial charge in [0.15, 0.2) is 5.82 Å². The molecule has 2 aromatic heterocycles. The van der Waals surface area contributed by atoms with Crippen molar-refractivity contribution in [3.05, 3.63) is 23.7 Å². The number of pyridine rings is 1. The lowest BCUT2D eigenvalue weighted by molar-refractivity contribution is 0.788. The Hall–Kier alpha value is -2.18. The maximum absolute atomic E-state index is 5.79. The number of nitrogens with zero attached hydrogens (tertiary/aromatic N) is 4. The summed E-state index contributed by atoms with van der Waals surface area (Å²) in [7, 11) is 0. The van der Waals surface area contributed by atoms with Crippen LogP contribution in [0, 0.1) is 6.92 Å². The molecule has 4 N–H and O–H groups in total. The molecule has 0 saturated heterocycles. The van der Waals surface area contributed by atoms with Gasteiger partial charge >= 0.3 is 0 Å². The number of hydrogen-bond donors (Lipinski definition) is 3. The third kappa shape index (κ3) is 2.08. The highest BCUT2D eigenvalue weighted by molar-refractivity contribution is 5.53. The molecule has 0 aromatic carbocycles. The molecule has 0 saturated carbocycles. The molecule has 16 heavy (non-hydrogen) atoms. The van der Waals surface area contributed by atoms with Crippen molar-refractivity contribution in [3.63, 3.8) is 0 Å². The predicted octanol–water partition coefficient (Wildman–Crippen LogP) is 0.658. The van der Waals surface area contributed by atoms with Gasteiger partial charge < -0.3 is 11.1 Å². The fourth-order valence-electron chi connectivity index (χ4n) is 1.26. The number of aromatic nitrogens is 5. The second kappa shape index (κ2) is 4.13. The van der Waals surface area contributed by atoms with E-state index in [0.29, 0.717) is 17.3 Å². The first-order valence-corrected chi connectivity index (χ1v) is 4.89. The Kier molecular flexibility index (Phi) is 2.67. The first-order chi connectivity index (χ1) is 7.66. The van der Waals surface area contributed by atoms with Gasteiger partial charge in [-0.3, -0.25) is 0 Å². The van der Waals surface area contributed by atoms with Crippen LogP contribution in [0.1, 0.15) is 24.4 Å². The molecule has 0 bridgehead atoms. The third-order valence-corrected chi connectivity index (χ3v) is 2.26. The molecule has 0 radical (unpaired) electrons. The molecule has 0 fully saturated rings. The van der Waals surface area contributed by atoms with Crippen LogP contribution in [0.15, 0.2) is 12.3 Å². The van der Waals surface area contributed by atoms with Crippen LogP contribution < -0.4 is 11.1 Å². The molecule has 2 aromatic rings. The number of H-pyrrole nitrogens is 1. The SMILES string of the molecule is Cc1cnc(NC(C)c2nn[nH]n2)cc1N. The molecule has 0 aliphatic heterocycles. The maximum atomic E-state index is 5.79. The van der Waals surface area contributed by atoms with Crippen molar-refractivity contribution >= 4 is 11.5 Å². The van der Waals surface area contributed by atoms with E-state index in [2.05, 4.69) is 30.9 Å². The second-order valence-electron chi connectivity index (χ2n) is 3.56. The van der Waals surface area contributed by atoms with Gasteiger partial charge in [0, 0.05) is 18.0 Å². The monoisotopic (exact) mass is 219 g/mol. The summed E-state index contributed by atoms with van der Waals surface area (Å²) in [6.07, 6.45) is 1.72. The van der Waals surface area contributed by atoms with Crippen molar-refractivity contribution < 1.29 is 0 Å². The highest BCUT2D eigenvalue weighted by atomic mass is 15.5. The lowest BCUT2D eigenvalue weighted by Gasteiger charge is -2.11. The van der Waals surface area contributed by atoms with Crippen molar-refractivity contribution in [3.8, 4) is 0 Å². The summed E-state index contributed by atoms with van der Waals surface area (Å²) in [4.78, 5) is 4.21. The number of aryl methyl sites for hydroxylation is 1. The minimum Gasteiger partial charge on any atom is -0.398 e. The Morgan fingerprint density at radius 3 is 2.94 bits per heavy atom. The number of nitrogens with one attached hydrogen (secondary N) is 2. The van der Waals surface area contributed by atoms with Crippen LogP contribution in [0.25, 0.3) is 0 Å². The van der Waals surface area contributed by atoms with E-state index in [1.807, 2.05) is 13.8 Å². The number of hydrogen-bond acceptors (Lipinski definition) is 6. The average Bonchev–Trinajstić information content (AvgIpc) is 2.77. The van der Waals surface area contributed by atoms with Gasteiger partial charge in [-0.1, -0.05) is 5.21 Å². The number of tetrazole rings is 1. The van der Waals surface area contributed by atoms with Crippen LogP contribution in [-0.4, -0.2) is 25.6 Å². The Labute approximate surface area is 92.5 Å². The van der Waals surface area contributed by atoms with Gasteiger partial charge in [0.05, 0.1) is 6.04 Å². The summed E-state index contributed by atoms with van der Waals surface area (Å²) >= 11 is 0. The molecule has 2 heterocycles. The standard InChI is InChI=1S/C9H13N7/c1-5-4-11-8(3-7(5)10)12-6(2)9-13-15-16-14-9/h3-4,6H,1-2H3,(H3,10,11,12)(H,13,14,15,16). The quantitative estimate of drug-likeness (QED) is 0.700. The molecule has 0 aliphatic rings. The van der Waals surface area contributed by atoms with E-state index in [0.717, 1.165) is 5.56 Å². The third-order valence-electron chi connectivity index (χ3n) is 2.26. The molecular weight excluding hydrogens is 206 g/mol. The van der Waals surface area contributed by atoms with Gasteiger partial charge in [-0.25, -0.2) is 4.98 Å². The van der Waals surface area contributed by atoms with E-state index in [4.69, 9.17) is 5.73 Å². The summed E-state index contributed by atoms with van der Waals surface area (Å²) in [6, 6.07) is 1.71. The van der Waals surface area contributed by atoms with E-state index >= 15 is 0 Å². The number of aromatic amines is 1. The van der Waals surface area contributed by atoms with Crippen LogP contribution in [-0.2, 0) is 0 Å². The molecule has 7 nitrogen and oxygen atoms in total. The highest BCUT2D eigenvalue weighted by Crippen LogP contribution is 2.17. The Morgan fingerprint density at radius 1 is 1.50 bits per heavy atom. The minimum absolute atomic E-state index is 0.0756. The number of nitrogens with two attached hydrogens (primary N) is 1. The Bertz CT molecular complexity index is 465. The van der Waals surface area contributed by atoms with Crippen LogP contribution in [0.5, 0.6) is 0 Å². The van der Waals surface area contributed by atoms with Gasteiger partial charge in [-0.15, -0.1) is 10.2 Å². The van der Waals surface area contributed by atoms with Gasteiger partial charge in [0.1, 0.15) is 5.82 Å². The fourth-order valence-corrected chi connectivity index (χ4v) is 1.26. The molecule has 84 valence electrons. The van der Waals surface area contributed by atoms with E-state index in [1.165, 1.54) is 0 Å². The lowest BCUT2D eigenvalue weighted by atomic mass is 10.2. The van der Waals surface area contributed by atoms with Crippen molar-refractivity contribution in [2.24, 2.45) is 0 Å². The van der Waals surface area contributed by atoms with Gasteiger partial charge in [0.2, 0.25) is 0 Å². The summed E-state index contributed by atoms with van der Waals surface area (Å²) in [5.41, 5.74) is 7.45. The predicted molar refractivity (Wildman–Crippen MR) is 59.6 cm³/mol. The zero-order valence-corrected chi connectivity index (χ0v) is 9.10. The van der Waals surface area contributed by atoms with Crippen LogP contribution in [0.4, 0.5) is 11.5 Å². The Balaban J connectivity index is 2.12. The van der Waals surface area contributed by atoms with Crippen LogP contribution in [0.2, 0.25) is 0 Å². The van der Waals surface area contributed by atoms with Crippen molar-refractivity contribution in [2.75, 3.05) is 11.1 Å². The first-order valence-electron chi connectivity index (χ1n) is 4.89. The first kappa shape index (κ1) is 10.3. The largest absolute Gasteiger partial charge is 0.398 e. The molecule has 0 spiro atoms. The van der Waals surface area contributed by atoms with Gasteiger partial charge in [-0.05, 0) is 19.4 Å². The number of anilines is 2. The molecule has 1 unspecified atom stereocenters. The summed E-state index contributed by atoms with van der Waals surface area (Å²) < 4.78 is 0. The van der Waals surface area contributed by atoms with Crippen LogP contribution in [0.3, 0.4) is 0 Å². The lowest BCUT2D eigenvalue weighted by Crippen LogP contribution is -2.10. The van der Waals surface area contributed by atoms with E-state index in [9.17, 15) is 0 Å². The van der Waals surface area contributed by atoms with Crippen molar-refractivity contribution in [1.29, 1.82) is 0 Å². The van der Waals surface area contributed by atoms with Gasteiger partial charge in [-0.2, -0.15) is 5.21 Å². The van der Waals surface area contributed by atoms with E-state index in [-0.39, 0.29) is 6.04 Å². The molecule has 0 amide bonds. The normalized spacial score (nSPS) is 12.4. The molecule has 1 atom stereocenters. The van der Waals surface area contributed by atoms with Crippen molar-refractivity contribution in [1.82, 2.24) is 25.6 Å². The smallest absolute Gasteiger partial charge is 0.196 e. The average molecular weight is 219 g/mol. The molecule has 0 aliphatic carbocycles. The maximum Gasteiger partial charge on any atom is 0.196 e. The Morgan fingerprint density at radius 2 is 2.31 bits per heavy atom. The summed E-state index contributed by atoms with van der Waals surface area (Å²) in [6.45, 7) is 3.83. The zero-order chi connectivity index (χ0) is 11.5. The van der Waals surface area contributed by atoms with Crippen molar-refractivity contribution in [2.45, 2.75) is 19.9 Å². The molecular formula is C9H13N7. The number of nitrogen functional groups attached to an aromatic ring is 1. The van der Waals surface area contributed by atoms with E-state index < -0.39 is 0 Å². The zero-order valence-electron chi connectivity index (χ0n) is 9.10. The topological polar surface area (TPSA) is 105 Å². The minimum atomic E-state index is -0.0756. The molecule has 7 heteroatoms. The summed E-state index contributed by atoms with van der Waals surface area (Å²) in [5, 5.41) is 16.8. The van der Waals surface area contributed by atoms with E-state index in [1.54, 1.807) is 12.3 Å². The molecule has 2 rings (SSSR count). The van der Waals surface area contributed by atoms with Crippen LogP contribution >= 0.6 is 0 Å². The fraction of sp³-hybridized carbons (Fsp3) is 0.333.